The molecule has 0 aliphatic rings. The molecular weight excluding hydrogens is 246 g/mol. The maximum atomic E-state index is 11.6. The van der Waals surface area contributed by atoms with E-state index in [2.05, 4.69) is 25.4 Å². The van der Waals surface area contributed by atoms with Gasteiger partial charge >= 0.3 is 0 Å². The highest BCUT2D eigenvalue weighted by atomic mass is 35.5. The van der Waals surface area contributed by atoms with Crippen LogP contribution < -0.4 is 5.32 Å². The van der Waals surface area contributed by atoms with Gasteiger partial charge in [0.15, 0.2) is 5.82 Å². The number of amides is 1. The zero-order valence-electron chi connectivity index (χ0n) is 8.85. The van der Waals surface area contributed by atoms with Crippen molar-refractivity contribution in [3.05, 3.63) is 35.0 Å². The molecule has 1 amide bonds. The van der Waals surface area contributed by atoms with Gasteiger partial charge in [0.05, 0.1) is 18.9 Å². The number of aryl methyl sites for hydroxylation is 1. The van der Waals surface area contributed by atoms with Crippen LogP contribution >= 0.6 is 11.6 Å². The minimum absolute atomic E-state index is 0.133. The van der Waals surface area contributed by atoms with E-state index in [0.717, 1.165) is 0 Å². The van der Waals surface area contributed by atoms with Crippen LogP contribution in [0.15, 0.2) is 16.9 Å². The highest BCUT2D eigenvalue weighted by molar-refractivity contribution is 6.29. The van der Waals surface area contributed by atoms with Gasteiger partial charge in [-0.1, -0.05) is 16.8 Å². The summed E-state index contributed by atoms with van der Waals surface area (Å²) in [4.78, 5) is 23.1. The number of hydrogen-bond acceptors (Lipinski definition) is 6. The van der Waals surface area contributed by atoms with Crippen molar-refractivity contribution in [3.8, 4) is 0 Å². The molecule has 88 valence electrons. The summed E-state index contributed by atoms with van der Waals surface area (Å²) in [5.41, 5.74) is 0.133. The SMILES string of the molecule is Cc1noc(CNC(=O)c2cncc(Cl)n2)n1. The van der Waals surface area contributed by atoms with E-state index in [9.17, 15) is 4.79 Å². The Morgan fingerprint density at radius 3 is 2.94 bits per heavy atom. The van der Waals surface area contributed by atoms with E-state index in [1.807, 2.05) is 0 Å². The Morgan fingerprint density at radius 1 is 1.47 bits per heavy atom. The second kappa shape index (κ2) is 4.88. The Kier molecular flexibility index (Phi) is 3.29. The van der Waals surface area contributed by atoms with Gasteiger partial charge in [0, 0.05) is 0 Å². The summed E-state index contributed by atoms with van der Waals surface area (Å²) in [5.74, 6) is 0.429. The van der Waals surface area contributed by atoms with Crippen molar-refractivity contribution in [1.82, 2.24) is 25.4 Å². The monoisotopic (exact) mass is 253 g/mol. The Morgan fingerprint density at radius 2 is 2.29 bits per heavy atom. The molecule has 0 spiro atoms. The topological polar surface area (TPSA) is 93.8 Å². The number of carbonyl (C=O) groups is 1. The predicted octanol–water partition coefficient (Wildman–Crippen LogP) is 0.751. The molecule has 0 aliphatic carbocycles. The third-order valence-corrected chi connectivity index (χ3v) is 1.99. The van der Waals surface area contributed by atoms with Crippen LogP contribution in [-0.2, 0) is 6.54 Å². The highest BCUT2D eigenvalue weighted by Crippen LogP contribution is 2.02. The van der Waals surface area contributed by atoms with Gasteiger partial charge in [-0.15, -0.1) is 0 Å². The van der Waals surface area contributed by atoms with Crippen molar-refractivity contribution < 1.29 is 9.32 Å². The molecule has 0 unspecified atom stereocenters. The van der Waals surface area contributed by atoms with E-state index in [4.69, 9.17) is 16.1 Å². The van der Waals surface area contributed by atoms with Crippen molar-refractivity contribution in [3.63, 3.8) is 0 Å². The molecule has 0 saturated heterocycles. The summed E-state index contributed by atoms with van der Waals surface area (Å²) in [6.45, 7) is 1.82. The molecule has 0 fully saturated rings. The van der Waals surface area contributed by atoms with Crippen molar-refractivity contribution in [2.45, 2.75) is 13.5 Å². The molecule has 0 aliphatic heterocycles. The van der Waals surface area contributed by atoms with Crippen LogP contribution in [0.25, 0.3) is 0 Å². The van der Waals surface area contributed by atoms with Crippen LogP contribution in [0, 0.1) is 6.92 Å². The van der Waals surface area contributed by atoms with Crippen LogP contribution in [0.1, 0.15) is 22.2 Å². The zero-order valence-corrected chi connectivity index (χ0v) is 9.60. The number of rotatable bonds is 3. The summed E-state index contributed by atoms with van der Waals surface area (Å²) >= 11 is 5.61. The van der Waals surface area contributed by atoms with Gasteiger partial charge in [0.25, 0.3) is 5.91 Å². The smallest absolute Gasteiger partial charge is 0.271 e. The normalized spacial score (nSPS) is 10.2. The van der Waals surface area contributed by atoms with Crippen LogP contribution in [0.3, 0.4) is 0 Å². The van der Waals surface area contributed by atoms with Crippen molar-refractivity contribution >= 4 is 17.5 Å². The summed E-state index contributed by atoms with van der Waals surface area (Å²) in [7, 11) is 0. The molecule has 7 nitrogen and oxygen atoms in total. The van der Waals surface area contributed by atoms with Crippen LogP contribution in [0.2, 0.25) is 5.15 Å². The molecule has 8 heteroatoms. The maximum Gasteiger partial charge on any atom is 0.271 e. The first kappa shape index (κ1) is 11.5. The molecule has 2 heterocycles. The summed E-state index contributed by atoms with van der Waals surface area (Å²) in [6.07, 6.45) is 2.67. The summed E-state index contributed by atoms with van der Waals surface area (Å²) in [5, 5.41) is 6.31. The molecule has 0 aromatic carbocycles. The van der Waals surface area contributed by atoms with E-state index in [1.54, 1.807) is 6.92 Å². The average molecular weight is 254 g/mol. The van der Waals surface area contributed by atoms with Crippen LogP contribution in [-0.4, -0.2) is 26.0 Å². The first-order valence-corrected chi connectivity index (χ1v) is 5.08. The Hall–Kier alpha value is -2.02. The summed E-state index contributed by atoms with van der Waals surface area (Å²) in [6, 6.07) is 0. The largest absolute Gasteiger partial charge is 0.342 e. The predicted molar refractivity (Wildman–Crippen MR) is 57.2 cm³/mol. The third kappa shape index (κ3) is 2.97. The second-order valence-corrected chi connectivity index (χ2v) is 3.53. The molecule has 2 aromatic rings. The maximum absolute atomic E-state index is 11.6. The number of nitrogens with zero attached hydrogens (tertiary/aromatic N) is 4. The van der Waals surface area contributed by atoms with Crippen molar-refractivity contribution in [2.24, 2.45) is 0 Å². The number of aromatic nitrogens is 4. The van der Waals surface area contributed by atoms with Crippen LogP contribution in [0.5, 0.6) is 0 Å². The Bertz CT molecular complexity index is 542. The molecule has 2 aromatic heterocycles. The lowest BCUT2D eigenvalue weighted by molar-refractivity contribution is 0.0941. The van der Waals surface area contributed by atoms with Crippen LogP contribution in [0.4, 0.5) is 0 Å². The number of halogens is 1. The molecule has 1 N–H and O–H groups in total. The minimum Gasteiger partial charge on any atom is -0.342 e. The molecule has 0 radical (unpaired) electrons. The number of hydrogen-bond donors (Lipinski definition) is 1. The Balaban J connectivity index is 1.98. The standard InChI is InChI=1S/C9H8ClN5O2/c1-5-13-8(17-15-5)4-12-9(16)6-2-11-3-7(10)14-6/h2-3H,4H2,1H3,(H,12,16). The lowest BCUT2D eigenvalue weighted by Crippen LogP contribution is -2.24. The van der Waals surface area contributed by atoms with E-state index in [1.165, 1.54) is 12.4 Å². The van der Waals surface area contributed by atoms with Gasteiger partial charge in [-0.2, -0.15) is 4.98 Å². The molecule has 0 saturated carbocycles. The van der Waals surface area contributed by atoms with Gasteiger partial charge in [-0.05, 0) is 6.92 Å². The molecule has 2 rings (SSSR count). The van der Waals surface area contributed by atoms with E-state index >= 15 is 0 Å². The number of carbonyl (C=O) groups excluding carboxylic acids is 1. The molecule has 0 atom stereocenters. The molecule has 0 bridgehead atoms. The van der Waals surface area contributed by atoms with Gasteiger partial charge in [-0.25, -0.2) is 4.98 Å². The fourth-order valence-electron chi connectivity index (χ4n) is 1.11. The van der Waals surface area contributed by atoms with Crippen molar-refractivity contribution in [2.75, 3.05) is 0 Å². The lowest BCUT2D eigenvalue weighted by Gasteiger charge is -2.00. The molecular formula is C9H8ClN5O2. The highest BCUT2D eigenvalue weighted by Gasteiger charge is 2.10. The lowest BCUT2D eigenvalue weighted by atomic mass is 10.4. The van der Waals surface area contributed by atoms with Crippen molar-refractivity contribution in [1.29, 1.82) is 0 Å². The first-order chi connectivity index (χ1) is 8.15. The zero-order chi connectivity index (χ0) is 12.3. The fraction of sp³-hybridized carbons (Fsp3) is 0.222. The average Bonchev–Trinajstić information content (AvgIpc) is 2.72. The Labute approximate surface area is 101 Å². The van der Waals surface area contributed by atoms with E-state index < -0.39 is 5.91 Å². The quantitative estimate of drug-likeness (QED) is 0.868. The third-order valence-electron chi connectivity index (χ3n) is 1.81. The first-order valence-electron chi connectivity index (χ1n) is 4.70. The summed E-state index contributed by atoms with van der Waals surface area (Å²) < 4.78 is 4.84. The molecule has 17 heavy (non-hydrogen) atoms. The van der Waals surface area contributed by atoms with E-state index in [-0.39, 0.29) is 17.4 Å². The van der Waals surface area contributed by atoms with Gasteiger partial charge in [-0.3, -0.25) is 9.78 Å². The van der Waals surface area contributed by atoms with E-state index in [0.29, 0.717) is 11.7 Å². The minimum atomic E-state index is -0.407. The van der Waals surface area contributed by atoms with Gasteiger partial charge in [0.1, 0.15) is 10.8 Å². The second-order valence-electron chi connectivity index (χ2n) is 3.15. The fourth-order valence-corrected chi connectivity index (χ4v) is 1.26. The number of nitrogens with one attached hydrogen (secondary N) is 1. The van der Waals surface area contributed by atoms with Gasteiger partial charge < -0.3 is 9.84 Å². The van der Waals surface area contributed by atoms with Gasteiger partial charge in [0.2, 0.25) is 5.89 Å².